The highest BCUT2D eigenvalue weighted by atomic mass is 16.5. The van der Waals surface area contributed by atoms with Gasteiger partial charge in [-0.2, -0.15) is 0 Å². The summed E-state index contributed by atoms with van der Waals surface area (Å²) in [6, 6.07) is 17.3. The molecule has 1 fully saturated rings. The number of imide groups is 1. The molecule has 0 spiro atoms. The average Bonchev–Trinajstić information content (AvgIpc) is 2.87. The van der Waals surface area contributed by atoms with E-state index in [4.69, 9.17) is 4.74 Å². The van der Waals surface area contributed by atoms with E-state index in [1.54, 1.807) is 55.5 Å². The van der Waals surface area contributed by atoms with Crippen molar-refractivity contribution in [2.24, 2.45) is 0 Å². The Kier molecular flexibility index (Phi) is 4.52. The van der Waals surface area contributed by atoms with E-state index in [0.717, 1.165) is 0 Å². The van der Waals surface area contributed by atoms with Crippen LogP contribution in [0.25, 0.3) is 0 Å². The normalized spacial score (nSPS) is 15.8. The lowest BCUT2D eigenvalue weighted by Crippen LogP contribution is -2.50. The van der Waals surface area contributed by atoms with Crippen LogP contribution in [-0.4, -0.2) is 36.0 Å². The van der Waals surface area contributed by atoms with Crippen LogP contribution in [0.1, 0.15) is 18.1 Å². The third-order valence-corrected chi connectivity index (χ3v) is 4.17. The molecule has 1 N–H and O–H groups in total. The number of nitrogens with one attached hydrogen (secondary N) is 1. The Hall–Kier alpha value is -3.15. The molecule has 2 aromatic rings. The first kappa shape index (κ1) is 16.7. The van der Waals surface area contributed by atoms with Crippen LogP contribution in [-0.2, 0) is 19.9 Å². The molecule has 0 atom stereocenters. The lowest BCUT2D eigenvalue weighted by molar-refractivity contribution is -0.144. The van der Waals surface area contributed by atoms with E-state index < -0.39 is 23.4 Å². The van der Waals surface area contributed by atoms with Gasteiger partial charge in [-0.1, -0.05) is 60.7 Å². The largest absolute Gasteiger partial charge is 0.465 e. The SMILES string of the molecule is CCOC(=O)CN1C(=O)NC(=O)C1(c1ccccc1)c1ccccc1. The fourth-order valence-electron chi connectivity index (χ4n) is 3.16. The monoisotopic (exact) mass is 338 g/mol. The number of benzene rings is 2. The van der Waals surface area contributed by atoms with Gasteiger partial charge in [0.2, 0.25) is 0 Å². The lowest BCUT2D eigenvalue weighted by atomic mass is 9.81. The molecule has 2 aromatic carbocycles. The fourth-order valence-corrected chi connectivity index (χ4v) is 3.16. The van der Waals surface area contributed by atoms with Gasteiger partial charge in [-0.25, -0.2) is 4.79 Å². The van der Waals surface area contributed by atoms with Gasteiger partial charge >= 0.3 is 12.0 Å². The summed E-state index contributed by atoms with van der Waals surface area (Å²) in [5.74, 6) is -1.05. The summed E-state index contributed by atoms with van der Waals surface area (Å²) < 4.78 is 4.98. The van der Waals surface area contributed by atoms with Crippen LogP contribution in [0.3, 0.4) is 0 Å². The number of carbonyl (C=O) groups is 3. The van der Waals surface area contributed by atoms with Gasteiger partial charge in [0.15, 0.2) is 5.54 Å². The molecule has 1 heterocycles. The first-order chi connectivity index (χ1) is 12.1. The molecule has 0 saturated carbocycles. The van der Waals surface area contributed by atoms with Crippen molar-refractivity contribution in [2.75, 3.05) is 13.2 Å². The maximum Gasteiger partial charge on any atom is 0.326 e. The molecule has 0 unspecified atom stereocenters. The number of hydrogen-bond acceptors (Lipinski definition) is 4. The number of urea groups is 1. The first-order valence-corrected chi connectivity index (χ1v) is 8.00. The van der Waals surface area contributed by atoms with Crippen LogP contribution in [0.15, 0.2) is 60.7 Å². The Balaban J connectivity index is 2.19. The maximum atomic E-state index is 12.9. The van der Waals surface area contributed by atoms with E-state index in [9.17, 15) is 14.4 Å². The number of hydrogen-bond donors (Lipinski definition) is 1. The predicted octanol–water partition coefficient (Wildman–Crippen LogP) is 2.05. The van der Waals surface area contributed by atoms with Crippen molar-refractivity contribution in [2.45, 2.75) is 12.5 Å². The van der Waals surface area contributed by atoms with E-state index >= 15 is 0 Å². The molecule has 0 aromatic heterocycles. The standard InChI is InChI=1S/C19H18N2O4/c1-2-25-16(22)13-21-18(24)20-17(23)19(21,14-9-5-3-6-10-14)15-11-7-4-8-12-15/h3-12H,2,13H2,1H3,(H,20,23,24). The molecular weight excluding hydrogens is 320 g/mol. The van der Waals surface area contributed by atoms with Crippen LogP contribution < -0.4 is 5.32 Å². The van der Waals surface area contributed by atoms with Gasteiger partial charge < -0.3 is 4.74 Å². The van der Waals surface area contributed by atoms with E-state index in [0.29, 0.717) is 11.1 Å². The van der Waals surface area contributed by atoms with Crippen molar-refractivity contribution in [1.82, 2.24) is 10.2 Å². The minimum atomic E-state index is -1.41. The van der Waals surface area contributed by atoms with Crippen molar-refractivity contribution < 1.29 is 19.1 Å². The third-order valence-electron chi connectivity index (χ3n) is 4.17. The zero-order valence-electron chi connectivity index (χ0n) is 13.8. The molecule has 3 rings (SSSR count). The number of esters is 1. The Labute approximate surface area is 145 Å². The molecule has 3 amide bonds. The third kappa shape index (κ3) is 2.76. The second-order valence-corrected chi connectivity index (χ2v) is 5.59. The molecule has 1 saturated heterocycles. The van der Waals surface area contributed by atoms with Gasteiger partial charge in [0, 0.05) is 0 Å². The maximum absolute atomic E-state index is 12.9. The van der Waals surface area contributed by atoms with Crippen LogP contribution in [0, 0.1) is 0 Å². The first-order valence-electron chi connectivity index (χ1n) is 8.00. The van der Waals surface area contributed by atoms with Gasteiger partial charge in [0.1, 0.15) is 6.54 Å². The van der Waals surface area contributed by atoms with Crippen LogP contribution in [0.4, 0.5) is 4.79 Å². The van der Waals surface area contributed by atoms with E-state index in [1.165, 1.54) is 4.90 Å². The fraction of sp³-hybridized carbons (Fsp3) is 0.211. The summed E-state index contributed by atoms with van der Waals surface area (Å²) in [6.07, 6.45) is 0. The Morgan fingerprint density at radius 3 is 2.00 bits per heavy atom. The van der Waals surface area contributed by atoms with E-state index in [2.05, 4.69) is 5.32 Å². The highest BCUT2D eigenvalue weighted by Crippen LogP contribution is 2.39. The summed E-state index contributed by atoms with van der Waals surface area (Å²) in [5.41, 5.74) is -0.200. The average molecular weight is 338 g/mol. The van der Waals surface area contributed by atoms with Gasteiger partial charge in [0.25, 0.3) is 5.91 Å². The summed E-state index contributed by atoms with van der Waals surface area (Å²) in [4.78, 5) is 38.7. The number of ether oxygens (including phenoxy) is 1. The van der Waals surface area contributed by atoms with Crippen LogP contribution in [0.5, 0.6) is 0 Å². The van der Waals surface area contributed by atoms with Crippen molar-refractivity contribution in [3.8, 4) is 0 Å². The highest BCUT2D eigenvalue weighted by Gasteiger charge is 2.56. The van der Waals surface area contributed by atoms with Gasteiger partial charge in [0.05, 0.1) is 6.61 Å². The van der Waals surface area contributed by atoms with E-state index in [1.807, 2.05) is 12.1 Å². The smallest absolute Gasteiger partial charge is 0.326 e. The van der Waals surface area contributed by atoms with Crippen molar-refractivity contribution in [1.29, 1.82) is 0 Å². The Morgan fingerprint density at radius 2 is 1.52 bits per heavy atom. The number of rotatable bonds is 5. The molecule has 128 valence electrons. The van der Waals surface area contributed by atoms with Gasteiger partial charge in [-0.15, -0.1) is 0 Å². The Bertz CT molecular complexity index is 750. The molecule has 6 heteroatoms. The minimum absolute atomic E-state index is 0.200. The predicted molar refractivity (Wildman–Crippen MR) is 90.5 cm³/mol. The molecule has 0 aliphatic carbocycles. The summed E-state index contributed by atoms with van der Waals surface area (Å²) >= 11 is 0. The van der Waals surface area contributed by atoms with Crippen LogP contribution in [0.2, 0.25) is 0 Å². The summed E-state index contributed by atoms with van der Waals surface area (Å²) in [5, 5.41) is 2.34. The molecule has 25 heavy (non-hydrogen) atoms. The quantitative estimate of drug-likeness (QED) is 0.669. The number of nitrogens with zero attached hydrogens (tertiary/aromatic N) is 1. The molecule has 1 aliphatic heterocycles. The Morgan fingerprint density at radius 1 is 1.00 bits per heavy atom. The van der Waals surface area contributed by atoms with E-state index in [-0.39, 0.29) is 13.2 Å². The second-order valence-electron chi connectivity index (χ2n) is 5.59. The van der Waals surface area contributed by atoms with Gasteiger partial charge in [-0.05, 0) is 18.1 Å². The van der Waals surface area contributed by atoms with Crippen molar-refractivity contribution in [3.05, 3.63) is 71.8 Å². The molecule has 0 radical (unpaired) electrons. The molecule has 1 aliphatic rings. The minimum Gasteiger partial charge on any atom is -0.465 e. The number of amides is 3. The summed E-state index contributed by atoms with van der Waals surface area (Å²) in [7, 11) is 0. The second kappa shape index (κ2) is 6.76. The zero-order chi connectivity index (χ0) is 17.9. The van der Waals surface area contributed by atoms with Gasteiger partial charge in [-0.3, -0.25) is 19.8 Å². The summed E-state index contributed by atoms with van der Waals surface area (Å²) in [6.45, 7) is 1.57. The zero-order valence-corrected chi connectivity index (χ0v) is 13.8. The molecular formula is C19H18N2O4. The van der Waals surface area contributed by atoms with Crippen molar-refractivity contribution >= 4 is 17.9 Å². The van der Waals surface area contributed by atoms with Crippen LogP contribution >= 0.6 is 0 Å². The molecule has 6 nitrogen and oxygen atoms in total. The lowest BCUT2D eigenvalue weighted by Gasteiger charge is -2.35. The number of carbonyl (C=O) groups excluding carboxylic acids is 3. The highest BCUT2D eigenvalue weighted by molar-refractivity contribution is 6.10. The molecule has 0 bridgehead atoms. The van der Waals surface area contributed by atoms with Crippen molar-refractivity contribution in [3.63, 3.8) is 0 Å². The topological polar surface area (TPSA) is 75.7 Å².